The van der Waals surface area contributed by atoms with Gasteiger partial charge in [0.05, 0.1) is 6.04 Å². The van der Waals surface area contributed by atoms with Crippen molar-refractivity contribution in [2.45, 2.75) is 46.1 Å². The third kappa shape index (κ3) is 3.78. The molecule has 0 spiro atoms. The smallest absolute Gasteiger partial charge is 0.153 e. The first kappa shape index (κ1) is 12.9. The van der Waals surface area contributed by atoms with Crippen LogP contribution in [0.15, 0.2) is 18.2 Å². The Morgan fingerprint density at radius 2 is 1.81 bits per heavy atom. The molecule has 0 aliphatic heterocycles. The molecule has 0 heterocycles. The Morgan fingerprint density at radius 3 is 2.31 bits per heavy atom. The zero-order valence-electron chi connectivity index (χ0n) is 10.4. The van der Waals surface area contributed by atoms with Gasteiger partial charge in [0, 0.05) is 6.42 Å². The number of nitrogens with two attached hydrogens (primary N) is 1. The summed E-state index contributed by atoms with van der Waals surface area (Å²) in [5, 5.41) is 0. The van der Waals surface area contributed by atoms with Gasteiger partial charge in [0.25, 0.3) is 0 Å². The molecule has 1 unspecified atom stereocenters. The average Bonchev–Trinajstić information content (AvgIpc) is 2.16. The van der Waals surface area contributed by atoms with Crippen LogP contribution in [0, 0.1) is 13.8 Å². The summed E-state index contributed by atoms with van der Waals surface area (Å²) >= 11 is 0. The number of rotatable bonds is 5. The topological polar surface area (TPSA) is 43.1 Å². The maximum Gasteiger partial charge on any atom is 0.153 e. The fourth-order valence-corrected chi connectivity index (χ4v) is 1.98. The molecule has 1 rings (SSSR count). The van der Waals surface area contributed by atoms with Crippen LogP contribution in [0.2, 0.25) is 0 Å². The molecule has 0 amide bonds. The number of carbonyl (C=O) groups is 1. The predicted molar refractivity (Wildman–Crippen MR) is 67.5 cm³/mol. The third-order valence-electron chi connectivity index (χ3n) is 2.67. The van der Waals surface area contributed by atoms with Crippen molar-refractivity contribution in [3.8, 4) is 0 Å². The number of Topliss-reactive ketones (excluding diaryl/α,β-unsaturated/α-hetero) is 1. The van der Waals surface area contributed by atoms with Gasteiger partial charge in [-0.25, -0.2) is 0 Å². The molecule has 0 saturated heterocycles. The van der Waals surface area contributed by atoms with E-state index in [1.165, 1.54) is 11.1 Å². The first-order chi connectivity index (χ1) is 7.52. The largest absolute Gasteiger partial charge is 0.321 e. The molecule has 0 radical (unpaired) electrons. The number of hydrogen-bond donors (Lipinski definition) is 1. The molecule has 2 heteroatoms. The lowest BCUT2D eigenvalue weighted by atomic mass is 9.98. The van der Waals surface area contributed by atoms with Gasteiger partial charge in [-0.05, 0) is 25.8 Å². The second kappa shape index (κ2) is 5.80. The van der Waals surface area contributed by atoms with Gasteiger partial charge in [-0.2, -0.15) is 0 Å². The second-order valence-corrected chi connectivity index (χ2v) is 4.53. The Labute approximate surface area is 97.9 Å². The zero-order chi connectivity index (χ0) is 12.1. The summed E-state index contributed by atoms with van der Waals surface area (Å²) in [5.41, 5.74) is 9.28. The van der Waals surface area contributed by atoms with Crippen molar-refractivity contribution in [2.75, 3.05) is 0 Å². The van der Waals surface area contributed by atoms with E-state index in [4.69, 9.17) is 5.73 Å². The third-order valence-corrected chi connectivity index (χ3v) is 2.67. The highest BCUT2D eigenvalue weighted by Crippen LogP contribution is 2.11. The van der Waals surface area contributed by atoms with Crippen molar-refractivity contribution in [1.29, 1.82) is 0 Å². The fraction of sp³-hybridized carbons (Fsp3) is 0.500. The van der Waals surface area contributed by atoms with Crippen LogP contribution in [-0.4, -0.2) is 11.8 Å². The van der Waals surface area contributed by atoms with Crippen molar-refractivity contribution in [3.05, 3.63) is 34.9 Å². The van der Waals surface area contributed by atoms with E-state index in [-0.39, 0.29) is 11.8 Å². The zero-order valence-corrected chi connectivity index (χ0v) is 10.4. The molecular weight excluding hydrogens is 198 g/mol. The monoisotopic (exact) mass is 219 g/mol. The van der Waals surface area contributed by atoms with E-state index in [1.807, 2.05) is 20.8 Å². The molecule has 0 saturated carbocycles. The van der Waals surface area contributed by atoms with Gasteiger partial charge in [-0.15, -0.1) is 0 Å². The van der Waals surface area contributed by atoms with Gasteiger partial charge in [-0.1, -0.05) is 42.7 Å². The van der Waals surface area contributed by atoms with Crippen LogP contribution < -0.4 is 5.73 Å². The van der Waals surface area contributed by atoms with Crippen LogP contribution >= 0.6 is 0 Å². The summed E-state index contributed by atoms with van der Waals surface area (Å²) in [6.07, 6.45) is 2.20. The summed E-state index contributed by atoms with van der Waals surface area (Å²) in [5.74, 6) is 0.145. The Balaban J connectivity index is 2.69. The van der Waals surface area contributed by atoms with Crippen LogP contribution in [0.1, 0.15) is 36.5 Å². The molecule has 16 heavy (non-hydrogen) atoms. The van der Waals surface area contributed by atoms with E-state index in [9.17, 15) is 4.79 Å². The molecule has 0 fully saturated rings. The summed E-state index contributed by atoms with van der Waals surface area (Å²) in [6.45, 7) is 6.14. The van der Waals surface area contributed by atoms with Crippen LogP contribution in [0.3, 0.4) is 0 Å². The maximum atomic E-state index is 11.8. The van der Waals surface area contributed by atoms with Gasteiger partial charge >= 0.3 is 0 Å². The van der Waals surface area contributed by atoms with Gasteiger partial charge in [0.1, 0.15) is 0 Å². The number of aryl methyl sites for hydroxylation is 2. The van der Waals surface area contributed by atoms with E-state index < -0.39 is 0 Å². The molecule has 0 bridgehead atoms. The lowest BCUT2D eigenvalue weighted by Gasteiger charge is -2.10. The van der Waals surface area contributed by atoms with Crippen molar-refractivity contribution < 1.29 is 4.79 Å². The van der Waals surface area contributed by atoms with Crippen LogP contribution in [0.5, 0.6) is 0 Å². The van der Waals surface area contributed by atoms with Crippen LogP contribution in [-0.2, 0) is 11.2 Å². The molecule has 2 N–H and O–H groups in total. The summed E-state index contributed by atoms with van der Waals surface area (Å²) in [4.78, 5) is 11.8. The van der Waals surface area contributed by atoms with E-state index in [1.54, 1.807) is 0 Å². The van der Waals surface area contributed by atoms with Crippen LogP contribution in [0.25, 0.3) is 0 Å². The minimum Gasteiger partial charge on any atom is -0.321 e. The van der Waals surface area contributed by atoms with E-state index in [2.05, 4.69) is 18.2 Å². The lowest BCUT2D eigenvalue weighted by molar-refractivity contribution is -0.119. The standard InChI is InChI=1S/C14H21NO/c1-4-5-13(15)14(16)9-12-7-10(2)6-11(3)8-12/h6-8,13H,4-5,9,15H2,1-3H3. The van der Waals surface area contributed by atoms with Crippen molar-refractivity contribution in [2.24, 2.45) is 5.73 Å². The molecular formula is C14H21NO. The molecule has 2 nitrogen and oxygen atoms in total. The minimum absolute atomic E-state index is 0.145. The molecule has 1 aromatic rings. The Kier molecular flexibility index (Phi) is 4.69. The molecule has 0 aliphatic carbocycles. The molecule has 88 valence electrons. The van der Waals surface area contributed by atoms with Gasteiger partial charge < -0.3 is 5.73 Å². The van der Waals surface area contributed by atoms with Crippen molar-refractivity contribution in [3.63, 3.8) is 0 Å². The summed E-state index contributed by atoms with van der Waals surface area (Å²) in [6, 6.07) is 5.93. The Bertz CT molecular complexity index is 351. The van der Waals surface area contributed by atoms with E-state index >= 15 is 0 Å². The van der Waals surface area contributed by atoms with Crippen LogP contribution in [0.4, 0.5) is 0 Å². The number of hydrogen-bond acceptors (Lipinski definition) is 2. The van der Waals surface area contributed by atoms with E-state index in [0.717, 1.165) is 18.4 Å². The normalized spacial score (nSPS) is 12.5. The van der Waals surface area contributed by atoms with Crippen molar-refractivity contribution >= 4 is 5.78 Å². The summed E-state index contributed by atoms with van der Waals surface area (Å²) in [7, 11) is 0. The Hall–Kier alpha value is -1.15. The van der Waals surface area contributed by atoms with Gasteiger partial charge in [-0.3, -0.25) is 4.79 Å². The number of benzene rings is 1. The molecule has 1 aromatic carbocycles. The SMILES string of the molecule is CCCC(N)C(=O)Cc1cc(C)cc(C)c1. The van der Waals surface area contributed by atoms with E-state index in [0.29, 0.717) is 6.42 Å². The molecule has 0 aromatic heterocycles. The quantitative estimate of drug-likeness (QED) is 0.827. The number of ketones is 1. The maximum absolute atomic E-state index is 11.8. The average molecular weight is 219 g/mol. The molecule has 0 aliphatic rings. The predicted octanol–water partition coefficient (Wildman–Crippen LogP) is 2.54. The first-order valence-electron chi connectivity index (χ1n) is 5.88. The highest BCUT2D eigenvalue weighted by molar-refractivity contribution is 5.85. The van der Waals surface area contributed by atoms with Gasteiger partial charge in [0.15, 0.2) is 5.78 Å². The first-order valence-corrected chi connectivity index (χ1v) is 5.88. The highest BCUT2D eigenvalue weighted by atomic mass is 16.1. The van der Waals surface area contributed by atoms with Crippen molar-refractivity contribution in [1.82, 2.24) is 0 Å². The number of carbonyl (C=O) groups excluding carboxylic acids is 1. The van der Waals surface area contributed by atoms with Gasteiger partial charge in [0.2, 0.25) is 0 Å². The highest BCUT2D eigenvalue weighted by Gasteiger charge is 2.12. The molecule has 1 atom stereocenters. The minimum atomic E-state index is -0.300. The summed E-state index contributed by atoms with van der Waals surface area (Å²) < 4.78 is 0. The fourth-order valence-electron chi connectivity index (χ4n) is 1.98. The lowest BCUT2D eigenvalue weighted by Crippen LogP contribution is -2.31. The Morgan fingerprint density at radius 1 is 1.25 bits per heavy atom. The second-order valence-electron chi connectivity index (χ2n) is 4.53.